The molecule has 2 aromatic heterocycles. The molecule has 4 rings (SSSR count). The topological polar surface area (TPSA) is 105 Å². The van der Waals surface area contributed by atoms with E-state index in [0.29, 0.717) is 29.2 Å². The number of rotatable bonds is 4. The first-order valence-corrected chi connectivity index (χ1v) is 9.02. The van der Waals surface area contributed by atoms with Gasteiger partial charge in [0.2, 0.25) is 0 Å². The summed E-state index contributed by atoms with van der Waals surface area (Å²) in [5.41, 5.74) is 8.76. The summed E-state index contributed by atoms with van der Waals surface area (Å²) in [6, 6.07) is 8.92. The number of carbonyl (C=O) groups is 1. The summed E-state index contributed by atoms with van der Waals surface area (Å²) in [6.07, 6.45) is 6.20. The second-order valence-corrected chi connectivity index (χ2v) is 7.14. The van der Waals surface area contributed by atoms with E-state index in [-0.39, 0.29) is 17.6 Å². The number of pyridine rings is 1. The van der Waals surface area contributed by atoms with E-state index in [0.717, 1.165) is 36.6 Å². The van der Waals surface area contributed by atoms with E-state index in [1.807, 2.05) is 6.07 Å². The predicted octanol–water partition coefficient (Wildman–Crippen LogP) is 3.42. The largest absolute Gasteiger partial charge is 0.508 e. The standard InChI is InChI=1S/C20H22N4O2/c21-14-5-1-12(2-6-14)9-19(26)16-10-18(13-3-7-15(25)8-4-13)23-20-17(16)11-22-24-20/h3-4,7-8,10-12,14,25H,1-2,5-6,9,21H2,(H,22,23,24). The third kappa shape index (κ3) is 3.32. The molecule has 1 saturated carbocycles. The zero-order chi connectivity index (χ0) is 18.1. The van der Waals surface area contributed by atoms with Crippen LogP contribution in [0.2, 0.25) is 0 Å². The number of nitrogens with two attached hydrogens (primary N) is 1. The van der Waals surface area contributed by atoms with E-state index in [9.17, 15) is 9.90 Å². The predicted molar refractivity (Wildman–Crippen MR) is 99.9 cm³/mol. The number of aromatic nitrogens is 3. The second kappa shape index (κ2) is 6.88. The summed E-state index contributed by atoms with van der Waals surface area (Å²) in [7, 11) is 0. The molecule has 1 aliphatic carbocycles. The summed E-state index contributed by atoms with van der Waals surface area (Å²) in [6.45, 7) is 0. The molecule has 2 heterocycles. The number of hydrogen-bond acceptors (Lipinski definition) is 5. The normalized spacial score (nSPS) is 20.3. The summed E-state index contributed by atoms with van der Waals surface area (Å²) in [5, 5.41) is 17.2. The minimum atomic E-state index is 0.124. The Bertz CT molecular complexity index is 925. The van der Waals surface area contributed by atoms with Gasteiger partial charge in [-0.1, -0.05) is 0 Å². The van der Waals surface area contributed by atoms with Gasteiger partial charge in [0.05, 0.1) is 11.9 Å². The van der Waals surface area contributed by atoms with E-state index >= 15 is 0 Å². The Morgan fingerprint density at radius 1 is 1.19 bits per heavy atom. The van der Waals surface area contributed by atoms with E-state index in [1.165, 1.54) is 0 Å². The molecular weight excluding hydrogens is 328 g/mol. The van der Waals surface area contributed by atoms with Crippen molar-refractivity contribution in [3.05, 3.63) is 42.1 Å². The number of ketones is 1. The maximum absolute atomic E-state index is 13.0. The molecule has 1 fully saturated rings. The van der Waals surface area contributed by atoms with Crippen LogP contribution in [0, 0.1) is 5.92 Å². The zero-order valence-corrected chi connectivity index (χ0v) is 14.5. The molecule has 0 bridgehead atoms. The molecule has 4 N–H and O–H groups in total. The fraction of sp³-hybridized carbons (Fsp3) is 0.350. The SMILES string of the molecule is NC1CCC(CC(=O)c2cc(-c3ccc(O)cc3)nc3[nH]ncc23)CC1. The van der Waals surface area contributed by atoms with Crippen LogP contribution in [0.3, 0.4) is 0 Å². The third-order valence-electron chi connectivity index (χ3n) is 5.25. The number of H-pyrrole nitrogens is 1. The molecule has 0 unspecified atom stereocenters. The van der Waals surface area contributed by atoms with Crippen LogP contribution in [0.15, 0.2) is 36.5 Å². The Labute approximate surface area is 151 Å². The average molecular weight is 350 g/mol. The first-order valence-electron chi connectivity index (χ1n) is 9.02. The van der Waals surface area contributed by atoms with Crippen LogP contribution in [0.5, 0.6) is 5.75 Å². The molecule has 0 radical (unpaired) electrons. The van der Waals surface area contributed by atoms with Crippen molar-refractivity contribution in [3.8, 4) is 17.0 Å². The molecule has 0 atom stereocenters. The van der Waals surface area contributed by atoms with Crippen molar-refractivity contribution in [1.29, 1.82) is 0 Å². The Morgan fingerprint density at radius 3 is 2.65 bits per heavy atom. The van der Waals surface area contributed by atoms with Crippen LogP contribution in [-0.2, 0) is 0 Å². The molecular formula is C20H22N4O2. The van der Waals surface area contributed by atoms with Gasteiger partial charge in [-0.15, -0.1) is 0 Å². The van der Waals surface area contributed by atoms with Crippen LogP contribution in [-0.4, -0.2) is 32.1 Å². The average Bonchev–Trinajstić information content (AvgIpc) is 3.12. The molecule has 0 saturated heterocycles. The highest BCUT2D eigenvalue weighted by atomic mass is 16.3. The zero-order valence-electron chi connectivity index (χ0n) is 14.5. The summed E-state index contributed by atoms with van der Waals surface area (Å²) in [4.78, 5) is 17.6. The van der Waals surface area contributed by atoms with Crippen molar-refractivity contribution < 1.29 is 9.90 Å². The van der Waals surface area contributed by atoms with Crippen molar-refractivity contribution in [2.75, 3.05) is 0 Å². The van der Waals surface area contributed by atoms with Crippen molar-refractivity contribution in [3.63, 3.8) is 0 Å². The van der Waals surface area contributed by atoms with Gasteiger partial charge in [-0.3, -0.25) is 9.89 Å². The highest BCUT2D eigenvalue weighted by Gasteiger charge is 2.23. The number of nitrogens with one attached hydrogen (secondary N) is 1. The number of Topliss-reactive ketones (excluding diaryl/α,β-unsaturated/α-hetero) is 1. The molecule has 1 aromatic carbocycles. The Morgan fingerprint density at radius 2 is 1.92 bits per heavy atom. The number of phenolic OH excluding ortho intramolecular Hbond substituents is 1. The van der Waals surface area contributed by atoms with Crippen LogP contribution < -0.4 is 5.73 Å². The fourth-order valence-electron chi connectivity index (χ4n) is 3.70. The molecule has 0 spiro atoms. The lowest BCUT2D eigenvalue weighted by atomic mass is 9.82. The van der Waals surface area contributed by atoms with Gasteiger partial charge in [-0.2, -0.15) is 5.10 Å². The minimum absolute atomic E-state index is 0.124. The van der Waals surface area contributed by atoms with Gasteiger partial charge in [0.1, 0.15) is 5.75 Å². The van der Waals surface area contributed by atoms with E-state index in [2.05, 4.69) is 15.2 Å². The van der Waals surface area contributed by atoms with Crippen LogP contribution in [0.4, 0.5) is 0 Å². The number of carbonyl (C=O) groups excluding carboxylic acids is 1. The first-order chi connectivity index (χ1) is 12.6. The molecule has 1 aliphatic rings. The quantitative estimate of drug-likeness (QED) is 0.625. The number of phenols is 1. The van der Waals surface area contributed by atoms with Gasteiger partial charge in [0.25, 0.3) is 0 Å². The second-order valence-electron chi connectivity index (χ2n) is 7.14. The maximum atomic E-state index is 13.0. The van der Waals surface area contributed by atoms with Gasteiger partial charge in [0.15, 0.2) is 11.4 Å². The first kappa shape index (κ1) is 16.7. The lowest BCUT2D eigenvalue weighted by Crippen LogP contribution is -2.27. The number of aromatic amines is 1. The van der Waals surface area contributed by atoms with Gasteiger partial charge < -0.3 is 10.8 Å². The monoisotopic (exact) mass is 350 g/mol. The van der Waals surface area contributed by atoms with Crippen molar-refractivity contribution >= 4 is 16.8 Å². The molecule has 0 aliphatic heterocycles. The third-order valence-corrected chi connectivity index (χ3v) is 5.25. The van der Waals surface area contributed by atoms with Crippen molar-refractivity contribution in [2.45, 2.75) is 38.1 Å². The summed E-state index contributed by atoms with van der Waals surface area (Å²) in [5.74, 6) is 0.719. The molecule has 6 heteroatoms. The molecule has 0 amide bonds. The summed E-state index contributed by atoms with van der Waals surface area (Å²) < 4.78 is 0. The maximum Gasteiger partial charge on any atom is 0.164 e. The van der Waals surface area contributed by atoms with Gasteiger partial charge in [0, 0.05) is 29.0 Å². The number of fused-ring (bicyclic) bond motifs is 1. The van der Waals surface area contributed by atoms with Crippen LogP contribution >= 0.6 is 0 Å². The van der Waals surface area contributed by atoms with Crippen LogP contribution in [0.25, 0.3) is 22.3 Å². The number of aromatic hydroxyl groups is 1. The Kier molecular flexibility index (Phi) is 4.42. The smallest absolute Gasteiger partial charge is 0.164 e. The number of nitrogens with zero attached hydrogens (tertiary/aromatic N) is 2. The minimum Gasteiger partial charge on any atom is -0.508 e. The molecule has 6 nitrogen and oxygen atoms in total. The lowest BCUT2D eigenvalue weighted by Gasteiger charge is -2.25. The molecule has 134 valence electrons. The van der Waals surface area contributed by atoms with Gasteiger partial charge >= 0.3 is 0 Å². The highest BCUT2D eigenvalue weighted by molar-refractivity contribution is 6.07. The van der Waals surface area contributed by atoms with Crippen LogP contribution in [0.1, 0.15) is 42.5 Å². The van der Waals surface area contributed by atoms with Crippen molar-refractivity contribution in [1.82, 2.24) is 15.2 Å². The highest BCUT2D eigenvalue weighted by Crippen LogP contribution is 2.30. The Balaban J connectivity index is 1.66. The van der Waals surface area contributed by atoms with E-state index in [1.54, 1.807) is 30.5 Å². The summed E-state index contributed by atoms with van der Waals surface area (Å²) >= 11 is 0. The molecule has 3 aromatic rings. The number of benzene rings is 1. The van der Waals surface area contributed by atoms with Gasteiger partial charge in [-0.05, 0) is 61.9 Å². The fourth-order valence-corrected chi connectivity index (χ4v) is 3.70. The van der Waals surface area contributed by atoms with Gasteiger partial charge in [-0.25, -0.2) is 4.98 Å². The molecule has 26 heavy (non-hydrogen) atoms. The lowest BCUT2D eigenvalue weighted by molar-refractivity contribution is 0.0949. The number of hydrogen-bond donors (Lipinski definition) is 3. The van der Waals surface area contributed by atoms with Crippen molar-refractivity contribution in [2.24, 2.45) is 11.7 Å². The van der Waals surface area contributed by atoms with E-state index < -0.39 is 0 Å². The Hall–Kier alpha value is -2.73. The van der Waals surface area contributed by atoms with E-state index in [4.69, 9.17) is 5.73 Å².